The zero-order valence-corrected chi connectivity index (χ0v) is 17.4. The van der Waals surface area contributed by atoms with Crippen molar-refractivity contribution in [2.24, 2.45) is 5.92 Å². The molecule has 1 fully saturated rings. The number of carbonyl (C=O) groups excluding carboxylic acids is 1. The molecule has 6 heteroatoms. The molecule has 6 nitrogen and oxygen atoms in total. The van der Waals surface area contributed by atoms with Gasteiger partial charge < -0.3 is 16.0 Å². The number of hydrogen-bond donors (Lipinski definition) is 2. The van der Waals surface area contributed by atoms with Crippen molar-refractivity contribution >= 4 is 17.4 Å². The molecule has 0 radical (unpaired) electrons. The summed E-state index contributed by atoms with van der Waals surface area (Å²) in [4.78, 5) is 24.0. The van der Waals surface area contributed by atoms with E-state index in [-0.39, 0.29) is 5.91 Å². The molecule has 0 bridgehead atoms. The summed E-state index contributed by atoms with van der Waals surface area (Å²) in [6.07, 6.45) is 1.18. The molecule has 30 heavy (non-hydrogen) atoms. The fraction of sp³-hybridized carbons (Fsp3) is 0.292. The van der Waals surface area contributed by atoms with Crippen LogP contribution in [0.4, 0.5) is 11.5 Å². The Kier molecular flexibility index (Phi) is 5.65. The predicted molar refractivity (Wildman–Crippen MR) is 120 cm³/mol. The zero-order chi connectivity index (χ0) is 21.1. The first-order valence-corrected chi connectivity index (χ1v) is 10.3. The normalized spacial score (nSPS) is 15.9. The number of aryl methyl sites for hydroxylation is 1. The number of nitrogens with two attached hydrogens (primary N) is 1. The standard InChI is InChI=1S/C24H27N5O/c1-16-11-12-29(15-16)23-13-22(27-17(2)28-23)14-26-24(30)20-5-3-18(4-6-20)19-7-9-21(25)10-8-19/h3-10,13,16H,11-12,14-15,25H2,1-2H3,(H,26,30). The third-order valence-electron chi connectivity index (χ3n) is 5.45. The molecule has 1 atom stereocenters. The van der Waals surface area contributed by atoms with Crippen LogP contribution in [0.3, 0.4) is 0 Å². The first-order chi connectivity index (χ1) is 14.5. The maximum atomic E-state index is 12.6. The van der Waals surface area contributed by atoms with Gasteiger partial charge in [0.15, 0.2) is 0 Å². The molecule has 1 aliphatic heterocycles. The molecular weight excluding hydrogens is 374 g/mol. The van der Waals surface area contributed by atoms with Gasteiger partial charge in [0.25, 0.3) is 5.91 Å². The van der Waals surface area contributed by atoms with Gasteiger partial charge in [-0.15, -0.1) is 0 Å². The van der Waals surface area contributed by atoms with Crippen LogP contribution < -0.4 is 16.0 Å². The molecule has 0 saturated carbocycles. The van der Waals surface area contributed by atoms with Gasteiger partial charge >= 0.3 is 0 Å². The second-order valence-electron chi connectivity index (χ2n) is 7.99. The lowest BCUT2D eigenvalue weighted by Gasteiger charge is -2.18. The van der Waals surface area contributed by atoms with Gasteiger partial charge in [-0.05, 0) is 54.7 Å². The van der Waals surface area contributed by atoms with Crippen LogP contribution in [0, 0.1) is 12.8 Å². The lowest BCUT2D eigenvalue weighted by Crippen LogP contribution is -2.25. The highest BCUT2D eigenvalue weighted by atomic mass is 16.1. The van der Waals surface area contributed by atoms with Crippen molar-refractivity contribution < 1.29 is 4.79 Å². The van der Waals surface area contributed by atoms with E-state index in [2.05, 4.69) is 27.1 Å². The Balaban J connectivity index is 1.41. The summed E-state index contributed by atoms with van der Waals surface area (Å²) in [5.74, 6) is 2.24. The van der Waals surface area contributed by atoms with Crippen molar-refractivity contribution in [1.82, 2.24) is 15.3 Å². The number of rotatable bonds is 5. The van der Waals surface area contributed by atoms with Crippen molar-refractivity contribution in [2.75, 3.05) is 23.7 Å². The summed E-state index contributed by atoms with van der Waals surface area (Å²) in [6, 6.07) is 17.2. The SMILES string of the molecule is Cc1nc(CNC(=O)c2ccc(-c3ccc(N)cc3)cc2)cc(N2CCC(C)C2)n1. The summed E-state index contributed by atoms with van der Waals surface area (Å²) < 4.78 is 0. The molecule has 2 aromatic carbocycles. The van der Waals surface area contributed by atoms with E-state index in [9.17, 15) is 4.79 Å². The van der Waals surface area contributed by atoms with Crippen LogP contribution in [0.2, 0.25) is 0 Å². The van der Waals surface area contributed by atoms with Crippen LogP contribution in [-0.2, 0) is 6.54 Å². The molecule has 1 saturated heterocycles. The first-order valence-electron chi connectivity index (χ1n) is 10.3. The second-order valence-corrected chi connectivity index (χ2v) is 7.99. The Morgan fingerprint density at radius 2 is 1.77 bits per heavy atom. The quantitative estimate of drug-likeness (QED) is 0.635. The smallest absolute Gasteiger partial charge is 0.251 e. The number of benzene rings is 2. The highest BCUT2D eigenvalue weighted by molar-refractivity contribution is 5.94. The molecule has 1 unspecified atom stereocenters. The van der Waals surface area contributed by atoms with Gasteiger partial charge in [0.1, 0.15) is 11.6 Å². The summed E-state index contributed by atoms with van der Waals surface area (Å²) in [5, 5.41) is 2.97. The molecule has 1 aliphatic rings. The highest BCUT2D eigenvalue weighted by Crippen LogP contribution is 2.23. The van der Waals surface area contributed by atoms with Crippen LogP contribution in [0.25, 0.3) is 11.1 Å². The van der Waals surface area contributed by atoms with Crippen molar-refractivity contribution in [2.45, 2.75) is 26.8 Å². The van der Waals surface area contributed by atoms with E-state index < -0.39 is 0 Å². The maximum absolute atomic E-state index is 12.6. The van der Waals surface area contributed by atoms with Crippen molar-refractivity contribution in [3.8, 4) is 11.1 Å². The molecule has 4 rings (SSSR count). The molecule has 0 aliphatic carbocycles. The highest BCUT2D eigenvalue weighted by Gasteiger charge is 2.20. The Hall–Kier alpha value is -3.41. The third kappa shape index (κ3) is 4.59. The van der Waals surface area contributed by atoms with Crippen LogP contribution in [-0.4, -0.2) is 29.0 Å². The van der Waals surface area contributed by atoms with Crippen LogP contribution in [0.1, 0.15) is 35.2 Å². The van der Waals surface area contributed by atoms with E-state index in [1.807, 2.05) is 61.5 Å². The third-order valence-corrected chi connectivity index (χ3v) is 5.45. The van der Waals surface area contributed by atoms with Crippen molar-refractivity contribution in [1.29, 1.82) is 0 Å². The average Bonchev–Trinajstić information content (AvgIpc) is 3.19. The number of nitrogens with one attached hydrogen (secondary N) is 1. The number of nitrogen functional groups attached to an aromatic ring is 1. The van der Waals surface area contributed by atoms with Gasteiger partial charge in [-0.3, -0.25) is 4.79 Å². The Morgan fingerprint density at radius 1 is 1.10 bits per heavy atom. The second kappa shape index (κ2) is 8.53. The lowest BCUT2D eigenvalue weighted by molar-refractivity contribution is 0.0950. The first kappa shape index (κ1) is 19.9. The predicted octanol–water partition coefficient (Wildman–Crippen LogP) is 3.81. The molecule has 1 amide bonds. The van der Waals surface area contributed by atoms with E-state index in [1.165, 1.54) is 6.42 Å². The summed E-state index contributed by atoms with van der Waals surface area (Å²) in [5.41, 5.74) is 10.0. The van der Waals surface area contributed by atoms with E-state index in [1.54, 1.807) is 0 Å². The van der Waals surface area contributed by atoms with Crippen molar-refractivity contribution in [3.05, 3.63) is 71.7 Å². The molecule has 154 valence electrons. The Labute approximate surface area is 177 Å². The molecule has 0 spiro atoms. The van der Waals surface area contributed by atoms with Gasteiger partial charge in [-0.2, -0.15) is 0 Å². The fourth-order valence-electron chi connectivity index (χ4n) is 3.77. The molecular formula is C24H27N5O. The Morgan fingerprint density at radius 3 is 2.40 bits per heavy atom. The fourth-order valence-corrected chi connectivity index (χ4v) is 3.77. The van der Waals surface area contributed by atoms with E-state index in [0.717, 1.165) is 47.2 Å². The minimum absolute atomic E-state index is 0.119. The summed E-state index contributed by atoms with van der Waals surface area (Å²) >= 11 is 0. The molecule has 3 N–H and O–H groups in total. The van der Waals surface area contributed by atoms with Crippen molar-refractivity contribution in [3.63, 3.8) is 0 Å². The maximum Gasteiger partial charge on any atom is 0.251 e. The van der Waals surface area contributed by atoms with E-state index in [0.29, 0.717) is 18.0 Å². The van der Waals surface area contributed by atoms with Crippen LogP contribution in [0.15, 0.2) is 54.6 Å². The summed E-state index contributed by atoms with van der Waals surface area (Å²) in [6.45, 7) is 6.56. The van der Waals surface area contributed by atoms with Crippen LogP contribution >= 0.6 is 0 Å². The number of hydrogen-bond acceptors (Lipinski definition) is 5. The summed E-state index contributed by atoms with van der Waals surface area (Å²) in [7, 11) is 0. The monoisotopic (exact) mass is 401 g/mol. The Bertz CT molecular complexity index is 1030. The zero-order valence-electron chi connectivity index (χ0n) is 17.4. The van der Waals surface area contributed by atoms with Gasteiger partial charge in [-0.1, -0.05) is 31.2 Å². The van der Waals surface area contributed by atoms with Gasteiger partial charge in [0.2, 0.25) is 0 Å². The average molecular weight is 402 g/mol. The molecule has 1 aromatic heterocycles. The van der Waals surface area contributed by atoms with Gasteiger partial charge in [0.05, 0.1) is 12.2 Å². The number of aromatic nitrogens is 2. The van der Waals surface area contributed by atoms with E-state index in [4.69, 9.17) is 5.73 Å². The van der Waals surface area contributed by atoms with Gasteiger partial charge in [0, 0.05) is 30.4 Å². The largest absolute Gasteiger partial charge is 0.399 e. The minimum Gasteiger partial charge on any atom is -0.399 e. The number of amides is 1. The molecule has 2 heterocycles. The molecule has 3 aromatic rings. The number of carbonyl (C=O) groups is 1. The van der Waals surface area contributed by atoms with E-state index >= 15 is 0 Å². The minimum atomic E-state index is -0.119. The topological polar surface area (TPSA) is 84.1 Å². The van der Waals surface area contributed by atoms with Gasteiger partial charge in [-0.25, -0.2) is 9.97 Å². The number of nitrogens with zero attached hydrogens (tertiary/aromatic N) is 3. The van der Waals surface area contributed by atoms with Crippen LogP contribution in [0.5, 0.6) is 0 Å². The number of anilines is 2. The lowest BCUT2D eigenvalue weighted by atomic mass is 10.0.